The van der Waals surface area contributed by atoms with Gasteiger partial charge in [0, 0.05) is 5.92 Å². The first-order chi connectivity index (χ1) is 7.24. The maximum Gasteiger partial charge on any atom is 0.387 e. The number of rotatable bonds is 4. The zero-order valence-corrected chi connectivity index (χ0v) is 8.16. The summed E-state index contributed by atoms with van der Waals surface area (Å²) < 4.78 is 33.0. The summed E-state index contributed by atoms with van der Waals surface area (Å²) in [4.78, 5) is 0. The molecule has 0 unspecified atom stereocenters. The monoisotopic (exact) mass is 214 g/mol. The summed E-state index contributed by atoms with van der Waals surface area (Å²) >= 11 is 0. The van der Waals surface area contributed by atoms with E-state index in [1.807, 2.05) is 12.1 Å². The molecule has 0 radical (unpaired) electrons. The lowest BCUT2D eigenvalue weighted by Gasteiger charge is -2.25. The number of alkyl halides is 2. The third-order valence-electron chi connectivity index (χ3n) is 2.38. The normalized spacial score (nSPS) is 16.5. The maximum absolute atomic E-state index is 11.9. The molecular weight excluding hydrogens is 202 g/mol. The summed E-state index contributed by atoms with van der Waals surface area (Å²) in [6.07, 6.45) is 0.939. The van der Waals surface area contributed by atoms with Crippen LogP contribution in [0.15, 0.2) is 24.3 Å². The Morgan fingerprint density at radius 2 is 1.93 bits per heavy atom. The van der Waals surface area contributed by atoms with Crippen molar-refractivity contribution in [3.63, 3.8) is 0 Å². The highest BCUT2D eigenvalue weighted by Crippen LogP contribution is 2.20. The highest BCUT2D eigenvalue weighted by atomic mass is 19.3. The molecule has 1 aromatic carbocycles. The van der Waals surface area contributed by atoms with E-state index in [4.69, 9.17) is 4.74 Å². The van der Waals surface area contributed by atoms with E-state index in [1.54, 1.807) is 12.1 Å². The molecule has 1 fully saturated rings. The summed E-state index contributed by atoms with van der Waals surface area (Å²) in [5.74, 6) is 0.783. The molecule has 0 spiro atoms. The van der Waals surface area contributed by atoms with E-state index in [0.717, 1.165) is 25.2 Å². The van der Waals surface area contributed by atoms with Gasteiger partial charge in [-0.05, 0) is 24.1 Å². The minimum Gasteiger partial charge on any atom is -0.435 e. The van der Waals surface area contributed by atoms with E-state index in [-0.39, 0.29) is 5.75 Å². The predicted octanol–water partition coefficient (Wildman–Crippen LogP) is 2.48. The molecular formula is C11H12F2O2. The summed E-state index contributed by atoms with van der Waals surface area (Å²) in [7, 11) is 0. The lowest BCUT2D eigenvalue weighted by molar-refractivity contribution is -0.0498. The van der Waals surface area contributed by atoms with Gasteiger partial charge in [-0.2, -0.15) is 8.78 Å². The summed E-state index contributed by atoms with van der Waals surface area (Å²) in [6.45, 7) is -1.15. The molecule has 0 N–H and O–H groups in total. The van der Waals surface area contributed by atoms with Crippen LogP contribution in [0.3, 0.4) is 0 Å². The van der Waals surface area contributed by atoms with Crippen molar-refractivity contribution in [2.75, 3.05) is 13.2 Å². The molecule has 0 amide bonds. The lowest BCUT2D eigenvalue weighted by atomic mass is 9.98. The molecule has 0 saturated carbocycles. The van der Waals surface area contributed by atoms with Crippen molar-refractivity contribution in [1.29, 1.82) is 0 Å². The molecule has 0 bridgehead atoms. The Bertz CT molecular complexity index is 307. The van der Waals surface area contributed by atoms with Gasteiger partial charge in [0.1, 0.15) is 5.75 Å². The topological polar surface area (TPSA) is 18.5 Å². The first-order valence-electron chi connectivity index (χ1n) is 4.85. The molecule has 15 heavy (non-hydrogen) atoms. The molecule has 82 valence electrons. The molecule has 1 heterocycles. The minimum atomic E-state index is -2.75. The van der Waals surface area contributed by atoms with Gasteiger partial charge >= 0.3 is 6.61 Å². The Morgan fingerprint density at radius 3 is 2.40 bits per heavy atom. The Labute approximate surface area is 86.8 Å². The van der Waals surface area contributed by atoms with Crippen LogP contribution in [0, 0.1) is 5.92 Å². The molecule has 0 aromatic heterocycles. The Balaban J connectivity index is 1.91. The Kier molecular flexibility index (Phi) is 3.16. The number of hydrogen-bond donors (Lipinski definition) is 0. The quantitative estimate of drug-likeness (QED) is 0.766. The number of ether oxygens (including phenoxy) is 2. The molecule has 1 saturated heterocycles. The number of benzene rings is 1. The third kappa shape index (κ3) is 2.89. The van der Waals surface area contributed by atoms with Crippen LogP contribution in [0.5, 0.6) is 5.75 Å². The van der Waals surface area contributed by atoms with E-state index in [1.165, 1.54) is 0 Å². The second-order valence-electron chi connectivity index (χ2n) is 3.63. The number of hydrogen-bond acceptors (Lipinski definition) is 2. The smallest absolute Gasteiger partial charge is 0.387 e. The first kappa shape index (κ1) is 10.4. The molecule has 1 aromatic rings. The molecule has 0 atom stereocenters. The lowest BCUT2D eigenvalue weighted by Crippen LogP contribution is -2.29. The van der Waals surface area contributed by atoms with Gasteiger partial charge in [0.25, 0.3) is 0 Å². The van der Waals surface area contributed by atoms with Gasteiger partial charge in [0.2, 0.25) is 0 Å². The van der Waals surface area contributed by atoms with E-state index >= 15 is 0 Å². The molecule has 0 aliphatic carbocycles. The van der Waals surface area contributed by atoms with Crippen molar-refractivity contribution in [2.24, 2.45) is 5.92 Å². The zero-order valence-electron chi connectivity index (χ0n) is 8.16. The fourth-order valence-electron chi connectivity index (χ4n) is 1.54. The van der Waals surface area contributed by atoms with Gasteiger partial charge in [-0.3, -0.25) is 0 Å². The van der Waals surface area contributed by atoms with Crippen LogP contribution in [0.4, 0.5) is 8.78 Å². The van der Waals surface area contributed by atoms with Gasteiger partial charge in [0.15, 0.2) is 0 Å². The van der Waals surface area contributed by atoms with Crippen molar-refractivity contribution >= 4 is 0 Å². The highest BCUT2D eigenvalue weighted by Gasteiger charge is 2.18. The fraction of sp³-hybridized carbons (Fsp3) is 0.455. The van der Waals surface area contributed by atoms with Gasteiger partial charge in [-0.15, -0.1) is 0 Å². The van der Waals surface area contributed by atoms with E-state index in [0.29, 0.717) is 5.92 Å². The van der Waals surface area contributed by atoms with E-state index in [9.17, 15) is 8.78 Å². The number of halogens is 2. The molecule has 2 nitrogen and oxygen atoms in total. The average molecular weight is 214 g/mol. The second-order valence-corrected chi connectivity index (χ2v) is 3.63. The molecule has 1 aliphatic rings. The minimum absolute atomic E-state index is 0.207. The zero-order chi connectivity index (χ0) is 10.7. The first-order valence-corrected chi connectivity index (χ1v) is 4.85. The summed E-state index contributed by atoms with van der Waals surface area (Å²) in [5, 5.41) is 0. The van der Waals surface area contributed by atoms with Crippen molar-refractivity contribution in [3.05, 3.63) is 29.8 Å². The highest BCUT2D eigenvalue weighted by molar-refractivity contribution is 5.27. The van der Waals surface area contributed by atoms with E-state index in [2.05, 4.69) is 4.74 Å². The predicted molar refractivity (Wildman–Crippen MR) is 51.1 cm³/mol. The van der Waals surface area contributed by atoms with Gasteiger partial charge in [-0.1, -0.05) is 12.1 Å². The van der Waals surface area contributed by atoms with Crippen LogP contribution in [-0.2, 0) is 11.2 Å². The van der Waals surface area contributed by atoms with Crippen LogP contribution in [-0.4, -0.2) is 19.8 Å². The van der Waals surface area contributed by atoms with Crippen molar-refractivity contribution in [3.8, 4) is 5.75 Å². The second kappa shape index (κ2) is 4.57. The third-order valence-corrected chi connectivity index (χ3v) is 2.38. The average Bonchev–Trinajstić information content (AvgIpc) is 2.13. The SMILES string of the molecule is FC(F)Oc1ccc(CC2COC2)cc1. The van der Waals surface area contributed by atoms with Gasteiger partial charge in [-0.25, -0.2) is 0 Å². The van der Waals surface area contributed by atoms with Gasteiger partial charge in [0.05, 0.1) is 13.2 Å². The largest absolute Gasteiger partial charge is 0.435 e. The summed E-state index contributed by atoms with van der Waals surface area (Å²) in [6, 6.07) is 6.77. The Hall–Kier alpha value is -1.16. The van der Waals surface area contributed by atoms with Crippen LogP contribution in [0.1, 0.15) is 5.56 Å². The van der Waals surface area contributed by atoms with Crippen LogP contribution in [0.25, 0.3) is 0 Å². The van der Waals surface area contributed by atoms with Crippen molar-refractivity contribution < 1.29 is 18.3 Å². The van der Waals surface area contributed by atoms with Crippen molar-refractivity contribution in [2.45, 2.75) is 13.0 Å². The summed E-state index contributed by atoms with van der Waals surface area (Å²) in [5.41, 5.74) is 1.13. The maximum atomic E-state index is 11.9. The van der Waals surface area contributed by atoms with E-state index < -0.39 is 6.61 Å². The van der Waals surface area contributed by atoms with Crippen molar-refractivity contribution in [1.82, 2.24) is 0 Å². The van der Waals surface area contributed by atoms with Gasteiger partial charge < -0.3 is 9.47 Å². The molecule has 4 heteroatoms. The molecule has 2 rings (SSSR count). The fourth-order valence-corrected chi connectivity index (χ4v) is 1.54. The van der Waals surface area contributed by atoms with Crippen LogP contribution >= 0.6 is 0 Å². The Morgan fingerprint density at radius 1 is 1.27 bits per heavy atom. The standard InChI is InChI=1S/C11H12F2O2/c12-11(13)15-10-3-1-8(2-4-10)5-9-6-14-7-9/h1-4,9,11H,5-7H2. The van der Waals surface area contributed by atoms with Crippen LogP contribution < -0.4 is 4.74 Å². The molecule has 1 aliphatic heterocycles. The van der Waals surface area contributed by atoms with Crippen LogP contribution in [0.2, 0.25) is 0 Å².